The van der Waals surface area contributed by atoms with Crippen molar-refractivity contribution in [3.8, 4) is 11.3 Å². The number of pyridine rings is 1. The molecule has 0 saturated carbocycles. The van der Waals surface area contributed by atoms with E-state index >= 15 is 0 Å². The molecule has 0 aliphatic carbocycles. The molecule has 2 nitrogen and oxygen atoms in total. The molecule has 2 aromatic heterocycles. The van der Waals surface area contributed by atoms with Gasteiger partial charge >= 0.3 is 0 Å². The van der Waals surface area contributed by atoms with Gasteiger partial charge in [0.05, 0.1) is 16.8 Å². The van der Waals surface area contributed by atoms with E-state index in [-0.39, 0.29) is 5.38 Å². The fourth-order valence-corrected chi connectivity index (χ4v) is 2.73. The minimum atomic E-state index is -0.126. The summed E-state index contributed by atoms with van der Waals surface area (Å²) in [5.74, 6) is 0. The maximum absolute atomic E-state index is 6.36. The van der Waals surface area contributed by atoms with Crippen LogP contribution < -0.4 is 0 Å². The molecule has 0 aliphatic heterocycles. The lowest BCUT2D eigenvalue weighted by Gasteiger charge is -2.08. The van der Waals surface area contributed by atoms with Crippen LogP contribution in [-0.2, 0) is 0 Å². The van der Waals surface area contributed by atoms with Gasteiger partial charge in [0.15, 0.2) is 0 Å². The number of benzene rings is 1. The van der Waals surface area contributed by atoms with E-state index in [0.29, 0.717) is 0 Å². The molecule has 0 saturated heterocycles. The largest absolute Gasteiger partial charge is 0.302 e. The molecule has 0 amide bonds. The molecule has 3 aromatic rings. The normalized spacial score (nSPS) is 12.8. The standard InChI is InChI=1S/C16H14Cl2N2/c1-10-9-12(6-7-13(10)18)15-16(11(2)17)20-8-4-3-5-14(20)19-15/h3-9,11H,1-2H3. The molecular formula is C16H14Cl2N2. The van der Waals surface area contributed by atoms with Crippen molar-refractivity contribution in [2.45, 2.75) is 19.2 Å². The van der Waals surface area contributed by atoms with Gasteiger partial charge < -0.3 is 4.40 Å². The molecule has 1 aromatic carbocycles. The minimum Gasteiger partial charge on any atom is -0.302 e. The minimum absolute atomic E-state index is 0.126. The van der Waals surface area contributed by atoms with E-state index in [1.807, 2.05) is 60.8 Å². The summed E-state index contributed by atoms with van der Waals surface area (Å²) >= 11 is 12.5. The fraction of sp³-hybridized carbons (Fsp3) is 0.188. The first-order chi connectivity index (χ1) is 9.58. The van der Waals surface area contributed by atoms with Gasteiger partial charge in [-0.2, -0.15) is 0 Å². The van der Waals surface area contributed by atoms with Crippen molar-refractivity contribution in [3.63, 3.8) is 0 Å². The van der Waals surface area contributed by atoms with Crippen LogP contribution in [0.25, 0.3) is 16.9 Å². The predicted octanol–water partition coefficient (Wildman–Crippen LogP) is 5.26. The highest BCUT2D eigenvalue weighted by Gasteiger charge is 2.18. The van der Waals surface area contributed by atoms with Gasteiger partial charge in [-0.05, 0) is 43.7 Å². The predicted molar refractivity (Wildman–Crippen MR) is 84.6 cm³/mol. The van der Waals surface area contributed by atoms with Gasteiger partial charge in [0.2, 0.25) is 0 Å². The van der Waals surface area contributed by atoms with Gasteiger partial charge in [0.25, 0.3) is 0 Å². The van der Waals surface area contributed by atoms with Crippen LogP contribution in [0, 0.1) is 6.92 Å². The van der Waals surface area contributed by atoms with Crippen LogP contribution in [0.15, 0.2) is 42.6 Å². The molecule has 0 aliphatic rings. The summed E-state index contributed by atoms with van der Waals surface area (Å²) in [6.45, 7) is 3.95. The molecule has 2 heterocycles. The molecule has 0 N–H and O–H groups in total. The van der Waals surface area contributed by atoms with Gasteiger partial charge in [0.1, 0.15) is 5.65 Å². The molecule has 0 bridgehead atoms. The Bertz CT molecular complexity index is 775. The number of halogens is 2. The molecule has 20 heavy (non-hydrogen) atoms. The molecule has 1 atom stereocenters. The van der Waals surface area contributed by atoms with Crippen LogP contribution in [0.1, 0.15) is 23.6 Å². The number of hydrogen-bond acceptors (Lipinski definition) is 1. The highest BCUT2D eigenvalue weighted by Crippen LogP contribution is 2.33. The van der Waals surface area contributed by atoms with E-state index in [1.54, 1.807) is 0 Å². The van der Waals surface area contributed by atoms with E-state index in [4.69, 9.17) is 28.2 Å². The topological polar surface area (TPSA) is 17.3 Å². The second-order valence-corrected chi connectivity index (χ2v) is 5.92. The van der Waals surface area contributed by atoms with Gasteiger partial charge in [-0.15, -0.1) is 11.6 Å². The average molecular weight is 305 g/mol. The van der Waals surface area contributed by atoms with Crippen LogP contribution in [-0.4, -0.2) is 9.38 Å². The average Bonchev–Trinajstić information content (AvgIpc) is 2.81. The van der Waals surface area contributed by atoms with Crippen molar-refractivity contribution in [2.24, 2.45) is 0 Å². The van der Waals surface area contributed by atoms with E-state index in [9.17, 15) is 0 Å². The van der Waals surface area contributed by atoms with Crippen molar-refractivity contribution in [1.82, 2.24) is 9.38 Å². The van der Waals surface area contributed by atoms with Gasteiger partial charge in [-0.1, -0.05) is 23.7 Å². The summed E-state index contributed by atoms with van der Waals surface area (Å²) in [5, 5.41) is 0.636. The number of rotatable bonds is 2. The highest BCUT2D eigenvalue weighted by molar-refractivity contribution is 6.31. The Morgan fingerprint density at radius 1 is 1.20 bits per heavy atom. The highest BCUT2D eigenvalue weighted by atomic mass is 35.5. The number of aromatic nitrogens is 2. The number of fused-ring (bicyclic) bond motifs is 1. The van der Waals surface area contributed by atoms with Crippen LogP contribution in [0.2, 0.25) is 5.02 Å². The molecule has 102 valence electrons. The molecule has 3 rings (SSSR count). The molecule has 0 radical (unpaired) electrons. The maximum Gasteiger partial charge on any atom is 0.137 e. The SMILES string of the molecule is Cc1cc(-c2nc3ccccn3c2C(C)Cl)ccc1Cl. The van der Waals surface area contributed by atoms with E-state index in [2.05, 4.69) is 0 Å². The summed E-state index contributed by atoms with van der Waals surface area (Å²) in [5.41, 5.74) is 4.90. The zero-order valence-corrected chi connectivity index (χ0v) is 12.8. The Hall–Kier alpha value is -1.51. The van der Waals surface area contributed by atoms with Gasteiger partial charge in [-0.3, -0.25) is 0 Å². The van der Waals surface area contributed by atoms with Crippen molar-refractivity contribution in [2.75, 3.05) is 0 Å². The lowest BCUT2D eigenvalue weighted by molar-refractivity contribution is 0.965. The van der Waals surface area contributed by atoms with Gasteiger partial charge in [-0.25, -0.2) is 4.98 Å². The number of aryl methyl sites for hydroxylation is 1. The van der Waals surface area contributed by atoms with Crippen molar-refractivity contribution in [1.29, 1.82) is 0 Å². The zero-order valence-electron chi connectivity index (χ0n) is 11.3. The third-order valence-corrected chi connectivity index (χ3v) is 4.01. The summed E-state index contributed by atoms with van der Waals surface area (Å²) in [4.78, 5) is 4.71. The third kappa shape index (κ3) is 2.19. The molecular weight excluding hydrogens is 291 g/mol. The third-order valence-electron chi connectivity index (χ3n) is 3.38. The summed E-state index contributed by atoms with van der Waals surface area (Å²) in [6, 6.07) is 11.9. The van der Waals surface area contributed by atoms with Crippen molar-refractivity contribution < 1.29 is 0 Å². The van der Waals surface area contributed by atoms with Gasteiger partial charge in [0, 0.05) is 16.8 Å². The Morgan fingerprint density at radius 2 is 2.00 bits per heavy atom. The Morgan fingerprint density at radius 3 is 2.70 bits per heavy atom. The molecule has 0 fully saturated rings. The summed E-state index contributed by atoms with van der Waals surface area (Å²) in [7, 11) is 0. The molecule has 1 unspecified atom stereocenters. The first-order valence-corrected chi connectivity index (χ1v) is 7.27. The van der Waals surface area contributed by atoms with Crippen LogP contribution in [0.3, 0.4) is 0 Å². The molecule has 4 heteroatoms. The smallest absolute Gasteiger partial charge is 0.137 e. The number of alkyl halides is 1. The fourth-order valence-electron chi connectivity index (χ4n) is 2.40. The zero-order chi connectivity index (χ0) is 14.3. The lowest BCUT2D eigenvalue weighted by atomic mass is 10.1. The quantitative estimate of drug-likeness (QED) is 0.590. The number of nitrogens with zero attached hydrogens (tertiary/aromatic N) is 2. The van der Waals surface area contributed by atoms with Crippen molar-refractivity contribution in [3.05, 3.63) is 58.9 Å². The van der Waals surface area contributed by atoms with Crippen LogP contribution in [0.4, 0.5) is 0 Å². The second-order valence-electron chi connectivity index (χ2n) is 4.85. The van der Waals surface area contributed by atoms with Crippen molar-refractivity contribution >= 4 is 28.8 Å². The second kappa shape index (κ2) is 5.12. The number of hydrogen-bond donors (Lipinski definition) is 0. The van der Waals surface area contributed by atoms with E-state index in [0.717, 1.165) is 33.2 Å². The summed E-state index contributed by atoms with van der Waals surface area (Å²) in [6.07, 6.45) is 1.99. The summed E-state index contributed by atoms with van der Waals surface area (Å²) < 4.78 is 2.04. The van der Waals surface area contributed by atoms with Crippen LogP contribution in [0.5, 0.6) is 0 Å². The Kier molecular flexibility index (Phi) is 3.45. The Balaban J connectivity index is 2.29. The Labute approximate surface area is 128 Å². The monoisotopic (exact) mass is 304 g/mol. The maximum atomic E-state index is 6.36. The number of imidazole rings is 1. The van der Waals surface area contributed by atoms with Crippen LogP contribution >= 0.6 is 23.2 Å². The lowest BCUT2D eigenvalue weighted by Crippen LogP contribution is -1.95. The van der Waals surface area contributed by atoms with E-state index in [1.165, 1.54) is 0 Å². The van der Waals surface area contributed by atoms with E-state index < -0.39 is 0 Å². The first kappa shape index (κ1) is 13.5. The molecule has 0 spiro atoms. The first-order valence-electron chi connectivity index (χ1n) is 6.45.